The molecule has 5 heteroatoms. The molecule has 1 aromatic carbocycles. The molecule has 1 amide bonds. The Labute approximate surface area is 117 Å². The summed E-state index contributed by atoms with van der Waals surface area (Å²) in [5, 5.41) is 13.1. The minimum absolute atomic E-state index is 0.0631. The molecule has 1 aromatic rings. The van der Waals surface area contributed by atoms with Crippen molar-refractivity contribution < 1.29 is 19.4 Å². The van der Waals surface area contributed by atoms with Crippen LogP contribution in [0.15, 0.2) is 24.3 Å². The maximum Gasteiger partial charge on any atom is 0.227 e. The predicted octanol–water partition coefficient (Wildman–Crippen LogP) is 1.33. The van der Waals surface area contributed by atoms with Gasteiger partial charge in [0, 0.05) is 11.6 Å². The summed E-state index contributed by atoms with van der Waals surface area (Å²) in [4.78, 5) is 22.3. The zero-order valence-corrected chi connectivity index (χ0v) is 11.3. The minimum Gasteiger partial charge on any atom is -0.546 e. The van der Waals surface area contributed by atoms with E-state index in [0.29, 0.717) is 11.4 Å². The first-order valence-corrected chi connectivity index (χ1v) is 6.89. The Morgan fingerprint density at radius 3 is 2.40 bits per heavy atom. The maximum absolute atomic E-state index is 12.0. The van der Waals surface area contributed by atoms with Crippen LogP contribution in [0.4, 0.5) is 5.69 Å². The highest BCUT2D eigenvalue weighted by Gasteiger charge is 2.20. The standard InChI is InChI=1S/C15H19NO4/c17-14(18)10-20-13-8-6-12(7-9-13)16-15(19)11-4-2-1-3-5-11/h6-9,11H,1-5,10H2,(H,16,19)(H,17,18)/p-1. The fraction of sp³-hybridized carbons (Fsp3) is 0.467. The largest absolute Gasteiger partial charge is 0.546 e. The Hall–Kier alpha value is -2.04. The lowest BCUT2D eigenvalue weighted by molar-refractivity contribution is -0.307. The highest BCUT2D eigenvalue weighted by atomic mass is 16.5. The number of carbonyl (C=O) groups is 2. The van der Waals surface area contributed by atoms with Gasteiger partial charge in [0.1, 0.15) is 12.4 Å². The second-order valence-electron chi connectivity index (χ2n) is 5.01. The molecule has 20 heavy (non-hydrogen) atoms. The molecule has 0 saturated heterocycles. The summed E-state index contributed by atoms with van der Waals surface area (Å²) in [6, 6.07) is 6.65. The lowest BCUT2D eigenvalue weighted by Gasteiger charge is -2.20. The molecule has 2 rings (SSSR count). The Morgan fingerprint density at radius 1 is 1.15 bits per heavy atom. The third kappa shape index (κ3) is 4.26. The van der Waals surface area contributed by atoms with E-state index in [0.717, 1.165) is 25.7 Å². The monoisotopic (exact) mass is 276 g/mol. The molecular formula is C15H18NO4-. The van der Waals surface area contributed by atoms with Crippen LogP contribution >= 0.6 is 0 Å². The van der Waals surface area contributed by atoms with Crippen molar-refractivity contribution in [2.24, 2.45) is 5.92 Å². The van der Waals surface area contributed by atoms with Gasteiger partial charge in [0.25, 0.3) is 0 Å². The molecule has 108 valence electrons. The van der Waals surface area contributed by atoms with Gasteiger partial charge < -0.3 is 20.0 Å². The van der Waals surface area contributed by atoms with Crippen molar-refractivity contribution in [1.82, 2.24) is 0 Å². The second-order valence-corrected chi connectivity index (χ2v) is 5.01. The highest BCUT2D eigenvalue weighted by Crippen LogP contribution is 2.25. The van der Waals surface area contributed by atoms with Crippen molar-refractivity contribution >= 4 is 17.6 Å². The Bertz CT molecular complexity index is 463. The van der Waals surface area contributed by atoms with Gasteiger partial charge in [-0.1, -0.05) is 19.3 Å². The first-order chi connectivity index (χ1) is 9.65. The van der Waals surface area contributed by atoms with Crippen LogP contribution in [-0.4, -0.2) is 18.5 Å². The summed E-state index contributed by atoms with van der Waals surface area (Å²) < 4.78 is 4.97. The smallest absolute Gasteiger partial charge is 0.227 e. The summed E-state index contributed by atoms with van der Waals surface area (Å²) in [5.74, 6) is -0.657. The van der Waals surface area contributed by atoms with Crippen molar-refractivity contribution in [3.8, 4) is 5.75 Å². The molecule has 1 saturated carbocycles. The molecular weight excluding hydrogens is 258 g/mol. The van der Waals surface area contributed by atoms with Gasteiger partial charge >= 0.3 is 0 Å². The van der Waals surface area contributed by atoms with Gasteiger partial charge in [-0.25, -0.2) is 0 Å². The number of carboxylic acids is 1. The summed E-state index contributed by atoms with van der Waals surface area (Å²) in [6.07, 6.45) is 5.37. The van der Waals surface area contributed by atoms with Crippen LogP contribution in [0.1, 0.15) is 32.1 Å². The Morgan fingerprint density at radius 2 is 1.80 bits per heavy atom. The van der Waals surface area contributed by atoms with E-state index in [1.54, 1.807) is 24.3 Å². The Balaban J connectivity index is 1.86. The molecule has 0 spiro atoms. The van der Waals surface area contributed by atoms with E-state index >= 15 is 0 Å². The van der Waals surface area contributed by atoms with Gasteiger partial charge in [-0.15, -0.1) is 0 Å². The van der Waals surface area contributed by atoms with Gasteiger partial charge in [-0.2, -0.15) is 0 Å². The predicted molar refractivity (Wildman–Crippen MR) is 72.1 cm³/mol. The van der Waals surface area contributed by atoms with E-state index in [1.165, 1.54) is 6.42 Å². The molecule has 1 fully saturated rings. The van der Waals surface area contributed by atoms with Crippen molar-refractivity contribution in [3.63, 3.8) is 0 Å². The molecule has 0 radical (unpaired) electrons. The summed E-state index contributed by atoms with van der Waals surface area (Å²) >= 11 is 0. The quantitative estimate of drug-likeness (QED) is 0.880. The number of amides is 1. The van der Waals surface area contributed by atoms with Crippen molar-refractivity contribution in [2.45, 2.75) is 32.1 Å². The average Bonchev–Trinajstić information content (AvgIpc) is 2.47. The number of anilines is 1. The zero-order valence-electron chi connectivity index (χ0n) is 11.3. The molecule has 0 atom stereocenters. The number of aliphatic carboxylic acids is 1. The number of rotatable bonds is 5. The minimum atomic E-state index is -1.26. The maximum atomic E-state index is 12.0. The molecule has 0 heterocycles. The molecule has 0 aromatic heterocycles. The van der Waals surface area contributed by atoms with Gasteiger partial charge in [0.15, 0.2) is 0 Å². The molecule has 0 aliphatic heterocycles. The van der Waals surface area contributed by atoms with Crippen LogP contribution in [0.2, 0.25) is 0 Å². The Kier molecular flexibility index (Phi) is 4.98. The number of ether oxygens (including phenoxy) is 1. The third-order valence-electron chi connectivity index (χ3n) is 3.45. The fourth-order valence-electron chi connectivity index (χ4n) is 2.39. The first-order valence-electron chi connectivity index (χ1n) is 6.89. The van der Waals surface area contributed by atoms with Crippen LogP contribution in [0.3, 0.4) is 0 Å². The summed E-state index contributed by atoms with van der Waals surface area (Å²) in [7, 11) is 0. The van der Waals surface area contributed by atoms with Gasteiger partial charge in [0.2, 0.25) is 5.91 Å². The number of nitrogens with one attached hydrogen (secondary N) is 1. The van der Waals surface area contributed by atoms with E-state index < -0.39 is 12.6 Å². The van der Waals surface area contributed by atoms with E-state index in [9.17, 15) is 14.7 Å². The van der Waals surface area contributed by atoms with Crippen molar-refractivity contribution in [1.29, 1.82) is 0 Å². The molecule has 1 N–H and O–H groups in total. The number of carbonyl (C=O) groups excluding carboxylic acids is 2. The zero-order chi connectivity index (χ0) is 14.4. The van der Waals surface area contributed by atoms with E-state index in [-0.39, 0.29) is 11.8 Å². The van der Waals surface area contributed by atoms with Crippen molar-refractivity contribution in [2.75, 3.05) is 11.9 Å². The lowest BCUT2D eigenvalue weighted by atomic mass is 9.88. The number of carboxylic acid groups (broad SMARTS) is 1. The molecule has 0 bridgehead atoms. The van der Waals surface area contributed by atoms with Crippen LogP contribution in [0.25, 0.3) is 0 Å². The summed E-state index contributed by atoms with van der Waals surface area (Å²) in [6.45, 7) is -0.478. The average molecular weight is 276 g/mol. The topological polar surface area (TPSA) is 78.5 Å². The number of hydrogen-bond donors (Lipinski definition) is 1. The number of hydrogen-bond acceptors (Lipinski definition) is 4. The van der Waals surface area contributed by atoms with Crippen LogP contribution in [-0.2, 0) is 9.59 Å². The third-order valence-corrected chi connectivity index (χ3v) is 3.45. The van der Waals surface area contributed by atoms with Crippen LogP contribution in [0, 0.1) is 5.92 Å². The normalized spacial score (nSPS) is 15.6. The molecule has 1 aliphatic carbocycles. The lowest BCUT2D eigenvalue weighted by Crippen LogP contribution is -2.28. The molecule has 1 aliphatic rings. The van der Waals surface area contributed by atoms with E-state index in [4.69, 9.17) is 4.74 Å². The summed E-state index contributed by atoms with van der Waals surface area (Å²) in [5.41, 5.74) is 0.696. The van der Waals surface area contributed by atoms with Gasteiger partial charge in [-0.3, -0.25) is 4.79 Å². The van der Waals surface area contributed by atoms with Crippen LogP contribution < -0.4 is 15.2 Å². The van der Waals surface area contributed by atoms with Crippen molar-refractivity contribution in [3.05, 3.63) is 24.3 Å². The highest BCUT2D eigenvalue weighted by molar-refractivity contribution is 5.92. The molecule has 5 nitrogen and oxygen atoms in total. The van der Waals surface area contributed by atoms with E-state index in [1.807, 2.05) is 0 Å². The second kappa shape index (κ2) is 6.93. The molecule has 0 unspecified atom stereocenters. The SMILES string of the molecule is O=C([O-])COc1ccc(NC(=O)C2CCCCC2)cc1. The fourth-order valence-corrected chi connectivity index (χ4v) is 2.39. The van der Waals surface area contributed by atoms with Gasteiger partial charge in [0.05, 0.1) is 5.97 Å². The van der Waals surface area contributed by atoms with Gasteiger partial charge in [-0.05, 0) is 37.1 Å². The first kappa shape index (κ1) is 14.4. The van der Waals surface area contributed by atoms with E-state index in [2.05, 4.69) is 5.32 Å². The van der Waals surface area contributed by atoms with Crippen LogP contribution in [0.5, 0.6) is 5.75 Å². The number of benzene rings is 1.